The van der Waals surface area contributed by atoms with Crippen LogP contribution in [0.1, 0.15) is 23.2 Å². The predicted octanol–water partition coefficient (Wildman–Crippen LogP) is 2.92. The second-order valence-electron chi connectivity index (χ2n) is 5.99. The van der Waals surface area contributed by atoms with Gasteiger partial charge in [-0.3, -0.25) is 9.69 Å². The summed E-state index contributed by atoms with van der Waals surface area (Å²) in [5, 5.41) is 3.78. The number of amides is 1. The molecule has 2 aromatic rings. The molecule has 1 aliphatic heterocycles. The maximum Gasteiger partial charge on any atom is 0.404 e. The van der Waals surface area contributed by atoms with E-state index in [-0.39, 0.29) is 24.9 Å². The fourth-order valence-electron chi connectivity index (χ4n) is 3.21. The normalized spacial score (nSPS) is 23.1. The number of likely N-dealkylation sites (N-methyl/N-ethyl adjacent to an activating group) is 1. The molecule has 0 aliphatic carbocycles. The van der Waals surface area contributed by atoms with Gasteiger partial charge in [0, 0.05) is 24.2 Å². The Kier molecular flexibility index (Phi) is 4.06. The van der Waals surface area contributed by atoms with Crippen molar-refractivity contribution < 1.29 is 18.0 Å². The summed E-state index contributed by atoms with van der Waals surface area (Å²) >= 11 is 0. The van der Waals surface area contributed by atoms with E-state index in [4.69, 9.17) is 0 Å². The number of likely N-dealkylation sites (tertiary alicyclic amines) is 1. The van der Waals surface area contributed by atoms with Crippen LogP contribution in [0, 0.1) is 0 Å². The second-order valence-corrected chi connectivity index (χ2v) is 5.99. The fourth-order valence-corrected chi connectivity index (χ4v) is 3.21. The third kappa shape index (κ3) is 3.19. The van der Waals surface area contributed by atoms with Gasteiger partial charge in [-0.1, -0.05) is 12.1 Å². The number of rotatable bonds is 2. The maximum absolute atomic E-state index is 12.9. The van der Waals surface area contributed by atoms with Crippen molar-refractivity contribution in [2.45, 2.75) is 31.1 Å². The van der Waals surface area contributed by atoms with Gasteiger partial charge in [0.2, 0.25) is 0 Å². The molecule has 4 nitrogen and oxygen atoms in total. The summed E-state index contributed by atoms with van der Waals surface area (Å²) in [6.07, 6.45) is -2.15. The number of halogens is 3. The van der Waals surface area contributed by atoms with E-state index >= 15 is 0 Å². The summed E-state index contributed by atoms with van der Waals surface area (Å²) in [5.41, 5.74) is 1.25. The van der Waals surface area contributed by atoms with Gasteiger partial charge in [0.15, 0.2) is 0 Å². The zero-order valence-electron chi connectivity index (χ0n) is 12.7. The Morgan fingerprint density at radius 2 is 2.09 bits per heavy atom. The van der Waals surface area contributed by atoms with Crippen LogP contribution in [-0.2, 0) is 0 Å². The van der Waals surface area contributed by atoms with E-state index < -0.39 is 12.2 Å². The lowest BCUT2D eigenvalue weighted by atomic mass is 9.98. The standard InChI is InChI=1S/C16H18F3N3O/c1-22-9-11(5-6-13(22)16(17,18)19)21-15(23)12-4-2-3-10-7-8-20-14(10)12/h2-4,7-8,11,13,20H,5-6,9H2,1H3,(H,21,23)/t11-,13-/m1/s1. The van der Waals surface area contributed by atoms with Gasteiger partial charge in [-0.2, -0.15) is 13.2 Å². The van der Waals surface area contributed by atoms with Crippen molar-refractivity contribution in [3.63, 3.8) is 0 Å². The molecule has 1 amide bonds. The van der Waals surface area contributed by atoms with Crippen LogP contribution in [0.4, 0.5) is 13.2 Å². The highest BCUT2D eigenvalue weighted by Gasteiger charge is 2.44. The first kappa shape index (κ1) is 15.9. The number of piperidine rings is 1. The smallest absolute Gasteiger partial charge is 0.361 e. The van der Waals surface area contributed by atoms with Gasteiger partial charge >= 0.3 is 6.18 Å². The molecular weight excluding hydrogens is 307 g/mol. The summed E-state index contributed by atoms with van der Waals surface area (Å²) in [6, 6.07) is 5.55. The maximum atomic E-state index is 12.9. The molecular formula is C16H18F3N3O. The van der Waals surface area contributed by atoms with Gasteiger partial charge in [0.1, 0.15) is 6.04 Å². The molecule has 1 saturated heterocycles. The Bertz CT molecular complexity index is 710. The van der Waals surface area contributed by atoms with Crippen LogP contribution in [0.3, 0.4) is 0 Å². The van der Waals surface area contributed by atoms with Crippen molar-refractivity contribution in [2.75, 3.05) is 13.6 Å². The molecule has 0 unspecified atom stereocenters. The van der Waals surface area contributed by atoms with Crippen LogP contribution >= 0.6 is 0 Å². The molecule has 1 fully saturated rings. The monoisotopic (exact) mass is 325 g/mol. The topological polar surface area (TPSA) is 48.1 Å². The van der Waals surface area contributed by atoms with Crippen LogP contribution in [0.15, 0.2) is 30.5 Å². The van der Waals surface area contributed by atoms with Crippen LogP contribution < -0.4 is 5.32 Å². The average molecular weight is 325 g/mol. The number of hydrogen-bond donors (Lipinski definition) is 2. The van der Waals surface area contributed by atoms with Crippen LogP contribution in [0.5, 0.6) is 0 Å². The van der Waals surface area contributed by atoms with Crippen molar-refractivity contribution in [1.82, 2.24) is 15.2 Å². The van der Waals surface area contributed by atoms with E-state index in [1.165, 1.54) is 11.9 Å². The quantitative estimate of drug-likeness (QED) is 0.892. The molecule has 7 heteroatoms. The Hall–Kier alpha value is -2.02. The molecule has 1 aliphatic rings. The first-order chi connectivity index (χ1) is 10.9. The molecule has 0 radical (unpaired) electrons. The van der Waals surface area contributed by atoms with E-state index in [1.54, 1.807) is 18.3 Å². The number of fused-ring (bicyclic) bond motifs is 1. The molecule has 124 valence electrons. The number of nitrogens with one attached hydrogen (secondary N) is 2. The van der Waals surface area contributed by atoms with Gasteiger partial charge in [-0.25, -0.2) is 0 Å². The molecule has 2 N–H and O–H groups in total. The Morgan fingerprint density at radius 1 is 1.30 bits per heavy atom. The minimum atomic E-state index is -4.22. The number of nitrogens with zero attached hydrogens (tertiary/aromatic N) is 1. The zero-order valence-corrected chi connectivity index (χ0v) is 12.7. The first-order valence-electron chi connectivity index (χ1n) is 7.50. The predicted molar refractivity (Wildman–Crippen MR) is 81.3 cm³/mol. The summed E-state index contributed by atoms with van der Waals surface area (Å²) < 4.78 is 38.6. The highest BCUT2D eigenvalue weighted by atomic mass is 19.4. The molecule has 0 saturated carbocycles. The molecule has 23 heavy (non-hydrogen) atoms. The Balaban J connectivity index is 1.69. The van der Waals surface area contributed by atoms with Crippen LogP contribution in [0.25, 0.3) is 10.9 Å². The molecule has 0 bridgehead atoms. The van der Waals surface area contributed by atoms with E-state index in [0.29, 0.717) is 12.0 Å². The molecule has 2 atom stereocenters. The van der Waals surface area contributed by atoms with Crippen molar-refractivity contribution in [3.8, 4) is 0 Å². The first-order valence-corrected chi connectivity index (χ1v) is 7.50. The molecule has 1 aromatic carbocycles. The highest BCUT2D eigenvalue weighted by Crippen LogP contribution is 2.31. The third-order valence-corrected chi connectivity index (χ3v) is 4.37. The Morgan fingerprint density at radius 3 is 2.78 bits per heavy atom. The van der Waals surface area contributed by atoms with Crippen molar-refractivity contribution in [3.05, 3.63) is 36.0 Å². The fraction of sp³-hybridized carbons (Fsp3) is 0.438. The van der Waals surface area contributed by atoms with E-state index in [9.17, 15) is 18.0 Å². The highest BCUT2D eigenvalue weighted by molar-refractivity contribution is 6.05. The summed E-state index contributed by atoms with van der Waals surface area (Å²) in [7, 11) is 1.45. The summed E-state index contributed by atoms with van der Waals surface area (Å²) in [4.78, 5) is 16.7. The number of para-hydroxylation sites is 1. The van der Waals surface area contributed by atoms with Gasteiger partial charge in [-0.15, -0.1) is 0 Å². The van der Waals surface area contributed by atoms with Crippen molar-refractivity contribution >= 4 is 16.8 Å². The average Bonchev–Trinajstić information content (AvgIpc) is 2.94. The summed E-state index contributed by atoms with van der Waals surface area (Å²) in [5.74, 6) is -0.262. The SMILES string of the molecule is CN1C[C@H](NC(=O)c2cccc3cc[nH]c23)CC[C@@H]1C(F)(F)F. The number of benzene rings is 1. The van der Waals surface area contributed by atoms with E-state index in [0.717, 1.165) is 10.9 Å². The number of carbonyl (C=O) groups excluding carboxylic acids is 1. The molecule has 3 rings (SSSR count). The van der Waals surface area contributed by atoms with Gasteiger partial charge in [0.05, 0.1) is 11.1 Å². The lowest BCUT2D eigenvalue weighted by Gasteiger charge is -2.38. The zero-order chi connectivity index (χ0) is 16.6. The van der Waals surface area contributed by atoms with E-state index in [1.807, 2.05) is 12.1 Å². The lowest BCUT2D eigenvalue weighted by Crippen LogP contribution is -2.54. The number of aromatic amines is 1. The molecule has 0 spiro atoms. The van der Waals surface area contributed by atoms with Crippen molar-refractivity contribution in [2.24, 2.45) is 0 Å². The number of aromatic nitrogens is 1. The van der Waals surface area contributed by atoms with Crippen LogP contribution in [0.2, 0.25) is 0 Å². The van der Waals surface area contributed by atoms with E-state index in [2.05, 4.69) is 10.3 Å². The van der Waals surface area contributed by atoms with Crippen LogP contribution in [-0.4, -0.2) is 47.6 Å². The lowest BCUT2D eigenvalue weighted by molar-refractivity contribution is -0.188. The largest absolute Gasteiger partial charge is 0.404 e. The van der Waals surface area contributed by atoms with Crippen molar-refractivity contribution in [1.29, 1.82) is 0 Å². The number of H-pyrrole nitrogens is 1. The van der Waals surface area contributed by atoms with Gasteiger partial charge in [0.25, 0.3) is 5.91 Å². The number of carbonyl (C=O) groups is 1. The number of hydrogen-bond acceptors (Lipinski definition) is 2. The third-order valence-electron chi connectivity index (χ3n) is 4.37. The minimum absolute atomic E-state index is 0.00233. The number of alkyl halides is 3. The second kappa shape index (κ2) is 5.88. The Labute approximate surface area is 131 Å². The molecule has 2 heterocycles. The minimum Gasteiger partial charge on any atom is -0.361 e. The van der Waals surface area contributed by atoms with Gasteiger partial charge < -0.3 is 10.3 Å². The van der Waals surface area contributed by atoms with Gasteiger partial charge in [-0.05, 0) is 32.0 Å². The molecule has 1 aromatic heterocycles. The summed E-state index contributed by atoms with van der Waals surface area (Å²) in [6.45, 7) is 0.191.